The second-order valence-corrected chi connectivity index (χ2v) is 3.23. The maximum Gasteiger partial charge on any atom is 0.117 e. The topological polar surface area (TPSA) is 36.0 Å². The van der Waals surface area contributed by atoms with Crippen molar-refractivity contribution in [2.24, 2.45) is 0 Å². The molecule has 0 atom stereocenters. The molecule has 2 aromatic rings. The molecule has 0 spiro atoms. The van der Waals surface area contributed by atoms with Crippen LogP contribution in [0.3, 0.4) is 0 Å². The molecule has 0 aliphatic heterocycles. The lowest BCUT2D eigenvalue weighted by Gasteiger charge is -1.96. The van der Waals surface area contributed by atoms with Crippen LogP contribution in [0.25, 0.3) is 10.9 Å². The van der Waals surface area contributed by atoms with E-state index in [0.717, 1.165) is 16.5 Å². The Hall–Kier alpha value is -1.15. The zero-order chi connectivity index (χ0) is 8.72. The van der Waals surface area contributed by atoms with Gasteiger partial charge in [-0.15, -0.1) is 0 Å². The van der Waals surface area contributed by atoms with Crippen molar-refractivity contribution in [1.29, 1.82) is 0 Å². The first kappa shape index (κ1) is 7.50. The Balaban J connectivity index is 2.92. The highest BCUT2D eigenvalue weighted by Gasteiger charge is 2.04. The summed E-state index contributed by atoms with van der Waals surface area (Å²) in [5.41, 5.74) is 1.97. The van der Waals surface area contributed by atoms with Gasteiger partial charge >= 0.3 is 0 Å². The Labute approximate surface area is 74.8 Å². The van der Waals surface area contributed by atoms with E-state index in [1.165, 1.54) is 6.07 Å². The molecule has 0 radical (unpaired) electrons. The molecule has 0 unspecified atom stereocenters. The molecule has 0 fully saturated rings. The number of rotatable bonds is 0. The van der Waals surface area contributed by atoms with Crippen LogP contribution < -0.4 is 0 Å². The summed E-state index contributed by atoms with van der Waals surface area (Å²) >= 11 is 5.88. The fraction of sp³-hybridized carbons (Fsp3) is 0.111. The molecule has 0 aliphatic rings. The van der Waals surface area contributed by atoms with Crippen LogP contribution in [0.5, 0.6) is 5.75 Å². The highest BCUT2D eigenvalue weighted by Crippen LogP contribution is 2.29. The number of H-pyrrole nitrogens is 1. The smallest absolute Gasteiger partial charge is 0.117 e. The molecule has 1 aromatic carbocycles. The summed E-state index contributed by atoms with van der Waals surface area (Å²) in [6, 6.07) is 3.23. The standard InChI is InChI=1S/C9H8ClNO/c1-5-4-11-9-7(5)2-6(12)3-8(9)10/h2-4,11-12H,1H3. The van der Waals surface area contributed by atoms with Gasteiger partial charge < -0.3 is 10.1 Å². The lowest BCUT2D eigenvalue weighted by Crippen LogP contribution is -1.72. The van der Waals surface area contributed by atoms with Crippen molar-refractivity contribution in [3.05, 3.63) is 28.9 Å². The zero-order valence-electron chi connectivity index (χ0n) is 6.56. The molecule has 2 N–H and O–H groups in total. The second kappa shape index (κ2) is 2.42. The SMILES string of the molecule is Cc1c[nH]c2c(Cl)cc(O)cc12. The number of hydrogen-bond donors (Lipinski definition) is 2. The van der Waals surface area contributed by atoms with Crippen LogP contribution in [0.15, 0.2) is 18.3 Å². The van der Waals surface area contributed by atoms with Crippen LogP contribution in [0.4, 0.5) is 0 Å². The first-order valence-corrected chi connectivity index (χ1v) is 4.02. The summed E-state index contributed by atoms with van der Waals surface area (Å²) < 4.78 is 0. The van der Waals surface area contributed by atoms with E-state index in [1.807, 2.05) is 13.1 Å². The molecule has 0 amide bonds. The molecule has 3 heteroatoms. The van der Waals surface area contributed by atoms with Crippen LogP contribution in [0.2, 0.25) is 5.02 Å². The van der Waals surface area contributed by atoms with Crippen LogP contribution >= 0.6 is 11.6 Å². The van der Waals surface area contributed by atoms with Crippen molar-refractivity contribution in [3.8, 4) is 5.75 Å². The number of phenols is 1. The minimum Gasteiger partial charge on any atom is -0.508 e. The molecule has 2 rings (SSSR count). The largest absolute Gasteiger partial charge is 0.508 e. The average Bonchev–Trinajstić information content (AvgIpc) is 2.33. The molecule has 1 heterocycles. The van der Waals surface area contributed by atoms with E-state index in [0.29, 0.717) is 5.02 Å². The minimum absolute atomic E-state index is 0.204. The van der Waals surface area contributed by atoms with Gasteiger partial charge in [-0.05, 0) is 18.6 Å². The molecule has 12 heavy (non-hydrogen) atoms. The van der Waals surface area contributed by atoms with Gasteiger partial charge in [-0.3, -0.25) is 0 Å². The quantitative estimate of drug-likeness (QED) is 0.644. The fourth-order valence-electron chi connectivity index (χ4n) is 1.31. The van der Waals surface area contributed by atoms with E-state index in [1.54, 1.807) is 6.07 Å². The summed E-state index contributed by atoms with van der Waals surface area (Å²) in [4.78, 5) is 3.04. The van der Waals surface area contributed by atoms with Gasteiger partial charge in [-0.1, -0.05) is 11.6 Å². The summed E-state index contributed by atoms with van der Waals surface area (Å²) in [6.07, 6.45) is 1.87. The van der Waals surface area contributed by atoms with Gasteiger partial charge in [-0.25, -0.2) is 0 Å². The number of aromatic amines is 1. The van der Waals surface area contributed by atoms with Crippen LogP contribution in [-0.4, -0.2) is 10.1 Å². The minimum atomic E-state index is 0.204. The number of aromatic hydroxyl groups is 1. The lowest BCUT2D eigenvalue weighted by atomic mass is 10.2. The van der Waals surface area contributed by atoms with Gasteiger partial charge in [0.1, 0.15) is 5.75 Å². The fourth-order valence-corrected chi connectivity index (χ4v) is 1.58. The number of benzene rings is 1. The number of fused-ring (bicyclic) bond motifs is 1. The monoisotopic (exact) mass is 181 g/mol. The van der Waals surface area contributed by atoms with Crippen LogP contribution in [0.1, 0.15) is 5.56 Å². The highest BCUT2D eigenvalue weighted by atomic mass is 35.5. The van der Waals surface area contributed by atoms with Gasteiger partial charge in [-0.2, -0.15) is 0 Å². The molecular formula is C9H8ClNO. The number of nitrogens with one attached hydrogen (secondary N) is 1. The predicted molar refractivity (Wildman–Crippen MR) is 49.7 cm³/mol. The van der Waals surface area contributed by atoms with Crippen molar-refractivity contribution in [2.75, 3.05) is 0 Å². The van der Waals surface area contributed by atoms with E-state index in [9.17, 15) is 5.11 Å². The molecule has 0 aliphatic carbocycles. The summed E-state index contributed by atoms with van der Waals surface area (Å²) in [7, 11) is 0. The third kappa shape index (κ3) is 0.959. The zero-order valence-corrected chi connectivity index (χ0v) is 7.31. The van der Waals surface area contributed by atoms with Crippen molar-refractivity contribution >= 4 is 22.5 Å². The number of aromatic nitrogens is 1. The number of halogens is 1. The Morgan fingerprint density at radius 1 is 1.42 bits per heavy atom. The van der Waals surface area contributed by atoms with Crippen LogP contribution in [-0.2, 0) is 0 Å². The Kier molecular flexibility index (Phi) is 1.51. The van der Waals surface area contributed by atoms with Gasteiger partial charge in [0.25, 0.3) is 0 Å². The normalized spacial score (nSPS) is 10.8. The number of hydrogen-bond acceptors (Lipinski definition) is 1. The number of phenolic OH excluding ortho intramolecular Hbond substituents is 1. The molecule has 62 valence electrons. The molecular weight excluding hydrogens is 174 g/mol. The summed E-state index contributed by atoms with van der Waals surface area (Å²) in [5, 5.41) is 10.8. The Bertz CT molecular complexity index is 433. The van der Waals surface area contributed by atoms with E-state index in [4.69, 9.17) is 11.6 Å². The maximum absolute atomic E-state index is 9.26. The molecule has 0 saturated heterocycles. The molecule has 0 bridgehead atoms. The summed E-state index contributed by atoms with van der Waals surface area (Å²) in [6.45, 7) is 1.97. The van der Waals surface area contributed by atoms with Gasteiger partial charge in [0.2, 0.25) is 0 Å². The molecule has 1 aromatic heterocycles. The van der Waals surface area contributed by atoms with E-state index >= 15 is 0 Å². The van der Waals surface area contributed by atoms with Crippen molar-refractivity contribution in [1.82, 2.24) is 4.98 Å². The van der Waals surface area contributed by atoms with E-state index in [2.05, 4.69) is 4.98 Å². The van der Waals surface area contributed by atoms with Crippen LogP contribution in [0, 0.1) is 6.92 Å². The average molecular weight is 182 g/mol. The second-order valence-electron chi connectivity index (χ2n) is 2.82. The molecule has 0 saturated carbocycles. The van der Waals surface area contributed by atoms with E-state index < -0.39 is 0 Å². The molecule has 2 nitrogen and oxygen atoms in total. The highest BCUT2D eigenvalue weighted by molar-refractivity contribution is 6.35. The Morgan fingerprint density at radius 3 is 2.92 bits per heavy atom. The van der Waals surface area contributed by atoms with Gasteiger partial charge in [0.15, 0.2) is 0 Å². The first-order valence-electron chi connectivity index (χ1n) is 3.64. The Morgan fingerprint density at radius 2 is 2.17 bits per heavy atom. The summed E-state index contributed by atoms with van der Waals surface area (Å²) in [5.74, 6) is 0.204. The third-order valence-corrected chi connectivity index (χ3v) is 2.23. The van der Waals surface area contributed by atoms with Crippen molar-refractivity contribution in [2.45, 2.75) is 6.92 Å². The van der Waals surface area contributed by atoms with Crippen molar-refractivity contribution in [3.63, 3.8) is 0 Å². The first-order chi connectivity index (χ1) is 5.68. The van der Waals surface area contributed by atoms with Gasteiger partial charge in [0, 0.05) is 17.6 Å². The van der Waals surface area contributed by atoms with Gasteiger partial charge in [0.05, 0.1) is 10.5 Å². The predicted octanol–water partition coefficient (Wildman–Crippen LogP) is 2.84. The van der Waals surface area contributed by atoms with Crippen molar-refractivity contribution < 1.29 is 5.11 Å². The van der Waals surface area contributed by atoms with E-state index in [-0.39, 0.29) is 5.75 Å². The number of aryl methyl sites for hydroxylation is 1. The maximum atomic E-state index is 9.26. The lowest BCUT2D eigenvalue weighted by molar-refractivity contribution is 0.476. The third-order valence-electron chi connectivity index (χ3n) is 1.93.